The fourth-order valence-electron chi connectivity index (χ4n) is 1.24. The first-order valence-corrected chi connectivity index (χ1v) is 4.08. The SMILES string of the molecule is Nc1ccc2cc(Cl)ccc2c1. The lowest BCUT2D eigenvalue weighted by Gasteiger charge is -1.98. The highest BCUT2D eigenvalue weighted by molar-refractivity contribution is 6.31. The molecule has 0 aliphatic rings. The zero-order valence-electron chi connectivity index (χ0n) is 6.42. The van der Waals surface area contributed by atoms with Gasteiger partial charge in [-0.2, -0.15) is 0 Å². The molecule has 60 valence electrons. The maximum Gasteiger partial charge on any atom is 0.0412 e. The largest absolute Gasteiger partial charge is 0.399 e. The number of rotatable bonds is 0. The van der Waals surface area contributed by atoms with E-state index in [1.165, 1.54) is 0 Å². The Labute approximate surface area is 75.8 Å². The van der Waals surface area contributed by atoms with Gasteiger partial charge in [-0.3, -0.25) is 0 Å². The van der Waals surface area contributed by atoms with Crippen LogP contribution >= 0.6 is 11.6 Å². The summed E-state index contributed by atoms with van der Waals surface area (Å²) in [5.41, 5.74) is 6.41. The molecule has 0 aromatic heterocycles. The van der Waals surface area contributed by atoms with Crippen molar-refractivity contribution in [2.75, 3.05) is 5.73 Å². The van der Waals surface area contributed by atoms with Gasteiger partial charge in [0.1, 0.15) is 0 Å². The molecule has 1 nitrogen and oxygen atoms in total. The maximum absolute atomic E-state index is 5.83. The van der Waals surface area contributed by atoms with E-state index in [4.69, 9.17) is 17.3 Å². The predicted octanol–water partition coefficient (Wildman–Crippen LogP) is 3.08. The molecule has 0 spiro atoms. The lowest BCUT2D eigenvalue weighted by atomic mass is 10.1. The normalized spacial score (nSPS) is 10.4. The highest BCUT2D eigenvalue weighted by Gasteiger charge is 1.94. The first-order valence-electron chi connectivity index (χ1n) is 3.70. The van der Waals surface area contributed by atoms with Crippen molar-refractivity contribution < 1.29 is 0 Å². The molecule has 0 bridgehead atoms. The Morgan fingerprint density at radius 2 is 1.58 bits per heavy atom. The molecule has 2 heteroatoms. The second-order valence-corrected chi connectivity index (χ2v) is 3.19. The third kappa shape index (κ3) is 1.23. The topological polar surface area (TPSA) is 26.0 Å². The van der Waals surface area contributed by atoms with Gasteiger partial charge in [0.2, 0.25) is 0 Å². The summed E-state index contributed by atoms with van der Waals surface area (Å²) in [5, 5.41) is 3.00. The molecule has 0 heterocycles. The van der Waals surface area contributed by atoms with Crippen LogP contribution in [-0.4, -0.2) is 0 Å². The van der Waals surface area contributed by atoms with Crippen LogP contribution in [0.5, 0.6) is 0 Å². The molecular formula is C10H8ClN. The van der Waals surface area contributed by atoms with Crippen LogP contribution in [-0.2, 0) is 0 Å². The van der Waals surface area contributed by atoms with E-state index in [9.17, 15) is 0 Å². The zero-order valence-corrected chi connectivity index (χ0v) is 7.18. The van der Waals surface area contributed by atoms with Crippen LogP contribution in [0.25, 0.3) is 10.8 Å². The smallest absolute Gasteiger partial charge is 0.0412 e. The van der Waals surface area contributed by atoms with Crippen molar-refractivity contribution in [3.05, 3.63) is 41.4 Å². The molecule has 2 aromatic carbocycles. The number of fused-ring (bicyclic) bond motifs is 1. The molecule has 0 saturated carbocycles. The van der Waals surface area contributed by atoms with Gasteiger partial charge in [0.15, 0.2) is 0 Å². The summed E-state index contributed by atoms with van der Waals surface area (Å²) < 4.78 is 0. The Hall–Kier alpha value is -1.21. The van der Waals surface area contributed by atoms with Crippen molar-refractivity contribution in [2.24, 2.45) is 0 Å². The lowest BCUT2D eigenvalue weighted by molar-refractivity contribution is 1.72. The van der Waals surface area contributed by atoms with Crippen molar-refractivity contribution in [3.8, 4) is 0 Å². The number of benzene rings is 2. The molecule has 0 saturated heterocycles. The van der Waals surface area contributed by atoms with Crippen LogP contribution in [0, 0.1) is 0 Å². The van der Waals surface area contributed by atoms with Crippen LogP contribution in [0.1, 0.15) is 0 Å². The van der Waals surface area contributed by atoms with Gasteiger partial charge >= 0.3 is 0 Å². The summed E-state index contributed by atoms with van der Waals surface area (Å²) in [4.78, 5) is 0. The highest BCUT2D eigenvalue weighted by Crippen LogP contribution is 2.20. The molecule has 0 atom stereocenters. The molecule has 0 aliphatic carbocycles. The van der Waals surface area contributed by atoms with Gasteiger partial charge in [0.25, 0.3) is 0 Å². The molecule has 0 fully saturated rings. The number of nitrogen functional groups attached to an aromatic ring is 1. The average molecular weight is 178 g/mol. The number of halogens is 1. The van der Waals surface area contributed by atoms with E-state index >= 15 is 0 Å². The first kappa shape index (κ1) is 7.44. The zero-order chi connectivity index (χ0) is 8.55. The van der Waals surface area contributed by atoms with Gasteiger partial charge in [0.05, 0.1) is 0 Å². The quantitative estimate of drug-likeness (QED) is 0.615. The summed E-state index contributed by atoms with van der Waals surface area (Å²) in [5.74, 6) is 0. The first-order chi connectivity index (χ1) is 5.75. The van der Waals surface area contributed by atoms with Gasteiger partial charge in [-0.1, -0.05) is 23.7 Å². The lowest BCUT2D eigenvalue weighted by Crippen LogP contribution is -1.83. The average Bonchev–Trinajstić information content (AvgIpc) is 2.05. The van der Waals surface area contributed by atoms with Crippen molar-refractivity contribution in [1.29, 1.82) is 0 Å². The van der Waals surface area contributed by atoms with Crippen LogP contribution in [0.2, 0.25) is 5.02 Å². The Bertz CT molecular complexity index is 382. The van der Waals surface area contributed by atoms with Crippen LogP contribution < -0.4 is 5.73 Å². The van der Waals surface area contributed by atoms with E-state index in [-0.39, 0.29) is 0 Å². The van der Waals surface area contributed by atoms with E-state index < -0.39 is 0 Å². The van der Waals surface area contributed by atoms with E-state index in [0.717, 1.165) is 21.5 Å². The van der Waals surface area contributed by atoms with Gasteiger partial charge in [-0.25, -0.2) is 0 Å². The fraction of sp³-hybridized carbons (Fsp3) is 0. The molecule has 2 rings (SSSR count). The Morgan fingerprint density at radius 1 is 0.917 bits per heavy atom. The van der Waals surface area contributed by atoms with E-state index in [0.29, 0.717) is 0 Å². The Morgan fingerprint density at radius 3 is 2.42 bits per heavy atom. The van der Waals surface area contributed by atoms with Crippen molar-refractivity contribution in [3.63, 3.8) is 0 Å². The monoisotopic (exact) mass is 177 g/mol. The second-order valence-electron chi connectivity index (χ2n) is 2.75. The summed E-state index contributed by atoms with van der Waals surface area (Å²) >= 11 is 5.83. The van der Waals surface area contributed by atoms with Crippen LogP contribution in [0.4, 0.5) is 5.69 Å². The minimum absolute atomic E-state index is 0.757. The maximum atomic E-state index is 5.83. The third-order valence-corrected chi connectivity index (χ3v) is 2.06. The number of hydrogen-bond acceptors (Lipinski definition) is 1. The molecule has 0 unspecified atom stereocenters. The minimum Gasteiger partial charge on any atom is -0.399 e. The Kier molecular flexibility index (Phi) is 1.66. The van der Waals surface area contributed by atoms with Gasteiger partial charge in [0, 0.05) is 10.7 Å². The Balaban J connectivity index is 2.79. The molecular weight excluding hydrogens is 170 g/mol. The molecule has 0 aliphatic heterocycles. The summed E-state index contributed by atoms with van der Waals surface area (Å²) in [6.07, 6.45) is 0. The summed E-state index contributed by atoms with van der Waals surface area (Å²) in [6, 6.07) is 11.5. The summed E-state index contributed by atoms with van der Waals surface area (Å²) in [7, 11) is 0. The predicted molar refractivity (Wildman–Crippen MR) is 53.4 cm³/mol. The van der Waals surface area contributed by atoms with Crippen molar-refractivity contribution in [1.82, 2.24) is 0 Å². The van der Waals surface area contributed by atoms with Crippen LogP contribution in [0.3, 0.4) is 0 Å². The number of hydrogen-bond donors (Lipinski definition) is 1. The van der Waals surface area contributed by atoms with Gasteiger partial charge < -0.3 is 5.73 Å². The van der Waals surface area contributed by atoms with E-state index in [1.807, 2.05) is 36.4 Å². The molecule has 2 aromatic rings. The van der Waals surface area contributed by atoms with Crippen molar-refractivity contribution >= 4 is 28.1 Å². The fourth-order valence-corrected chi connectivity index (χ4v) is 1.42. The number of anilines is 1. The molecule has 12 heavy (non-hydrogen) atoms. The van der Waals surface area contributed by atoms with Crippen molar-refractivity contribution in [2.45, 2.75) is 0 Å². The number of nitrogens with two attached hydrogens (primary N) is 1. The minimum atomic E-state index is 0.757. The van der Waals surface area contributed by atoms with E-state index in [1.54, 1.807) is 0 Å². The highest BCUT2D eigenvalue weighted by atomic mass is 35.5. The molecule has 0 amide bonds. The standard InChI is InChI=1S/C10H8ClN/c11-9-3-1-8-6-10(12)4-2-7(8)5-9/h1-6H,12H2. The molecule has 2 N–H and O–H groups in total. The van der Waals surface area contributed by atoms with Gasteiger partial charge in [-0.15, -0.1) is 0 Å². The van der Waals surface area contributed by atoms with E-state index in [2.05, 4.69) is 0 Å². The second kappa shape index (κ2) is 2.68. The third-order valence-electron chi connectivity index (χ3n) is 1.83. The van der Waals surface area contributed by atoms with Crippen LogP contribution in [0.15, 0.2) is 36.4 Å². The summed E-state index contributed by atoms with van der Waals surface area (Å²) in [6.45, 7) is 0. The molecule has 0 radical (unpaired) electrons. The van der Waals surface area contributed by atoms with Gasteiger partial charge in [-0.05, 0) is 35.0 Å².